The van der Waals surface area contributed by atoms with E-state index in [9.17, 15) is 65.4 Å². The second kappa shape index (κ2) is 21.1. The summed E-state index contributed by atoms with van der Waals surface area (Å²) in [6, 6.07) is 0. The van der Waals surface area contributed by atoms with Gasteiger partial charge in [0, 0.05) is 16.4 Å². The first-order valence-electron chi connectivity index (χ1n) is 28.3. The number of aliphatic hydroxyl groups excluding tert-OH is 9. The molecule has 4 saturated heterocycles. The summed E-state index contributed by atoms with van der Waals surface area (Å²) in [5.41, 5.74) is -3.28. The molecule has 9 aliphatic rings. The van der Waals surface area contributed by atoms with Gasteiger partial charge in [-0.3, -0.25) is 0 Å². The molecule has 0 aromatic carbocycles. The van der Waals surface area contributed by atoms with Crippen LogP contribution in [0.25, 0.3) is 0 Å². The molecule has 0 bridgehead atoms. The van der Waals surface area contributed by atoms with Gasteiger partial charge < -0.3 is 93.7 Å². The van der Waals surface area contributed by atoms with Gasteiger partial charge in [0.25, 0.3) is 0 Å². The highest BCUT2D eigenvalue weighted by Gasteiger charge is 2.73. The molecular weight excluding hydrogens is 1040 g/mol. The summed E-state index contributed by atoms with van der Waals surface area (Å²) in [6.45, 7) is 22.5. The number of carbonyl (C=O) groups is 3. The highest BCUT2D eigenvalue weighted by Crippen LogP contribution is 2.76. The number of esters is 2. The molecule has 0 unspecified atom stereocenters. The first-order valence-corrected chi connectivity index (χ1v) is 28.3. The molecule has 0 aromatic rings. The molecule has 9 rings (SSSR count). The maximum absolute atomic E-state index is 13.9. The third kappa shape index (κ3) is 9.49. The largest absolute Gasteiger partial charge is 0.479 e. The zero-order valence-electron chi connectivity index (χ0n) is 47.6. The van der Waals surface area contributed by atoms with Crippen molar-refractivity contribution in [1.29, 1.82) is 0 Å². The first kappa shape index (κ1) is 60.8. The van der Waals surface area contributed by atoms with Crippen LogP contribution in [0.5, 0.6) is 0 Å². The third-order valence-electron chi connectivity index (χ3n) is 22.1. The van der Waals surface area contributed by atoms with Crippen molar-refractivity contribution in [3.63, 3.8) is 0 Å². The molecule has 4 saturated carbocycles. The van der Waals surface area contributed by atoms with Gasteiger partial charge in [0.15, 0.2) is 30.6 Å². The lowest BCUT2D eigenvalue weighted by atomic mass is 9.33. The van der Waals surface area contributed by atoms with Gasteiger partial charge in [-0.1, -0.05) is 73.1 Å². The molecule has 22 heteroatoms. The molecule has 0 aromatic heterocycles. The molecule has 27 atom stereocenters. The molecule has 8 fully saturated rings. The molecule has 448 valence electrons. The van der Waals surface area contributed by atoms with Gasteiger partial charge in [-0.2, -0.15) is 0 Å². The van der Waals surface area contributed by atoms with Crippen LogP contribution in [0.1, 0.15) is 128 Å². The van der Waals surface area contributed by atoms with Crippen LogP contribution in [0.3, 0.4) is 0 Å². The minimum atomic E-state index is -2.09. The summed E-state index contributed by atoms with van der Waals surface area (Å²) in [4.78, 5) is 40.6. The van der Waals surface area contributed by atoms with Crippen molar-refractivity contribution in [2.75, 3.05) is 13.2 Å². The zero-order valence-corrected chi connectivity index (χ0v) is 47.6. The molecule has 79 heavy (non-hydrogen) atoms. The number of allylic oxidation sites excluding steroid dienone is 3. The Labute approximate surface area is 461 Å². The van der Waals surface area contributed by atoms with Crippen LogP contribution in [0.4, 0.5) is 0 Å². The molecule has 0 spiro atoms. The van der Waals surface area contributed by atoms with Crippen molar-refractivity contribution < 1.29 is 108 Å². The van der Waals surface area contributed by atoms with Crippen LogP contribution in [0.15, 0.2) is 23.3 Å². The molecule has 22 nitrogen and oxygen atoms in total. The minimum Gasteiger partial charge on any atom is -0.479 e. The maximum Gasteiger partial charge on any atom is 0.341 e. The van der Waals surface area contributed by atoms with Gasteiger partial charge in [0.05, 0.1) is 31.5 Å². The van der Waals surface area contributed by atoms with Crippen LogP contribution in [0.2, 0.25) is 0 Å². The predicted octanol–water partition coefficient (Wildman–Crippen LogP) is 1.53. The van der Waals surface area contributed by atoms with Crippen molar-refractivity contribution in [2.45, 2.75) is 250 Å². The smallest absolute Gasteiger partial charge is 0.341 e. The lowest BCUT2D eigenvalue weighted by Gasteiger charge is -2.72. The van der Waals surface area contributed by atoms with Crippen molar-refractivity contribution >= 4 is 17.9 Å². The number of rotatable bonds is 13. The van der Waals surface area contributed by atoms with E-state index in [2.05, 4.69) is 40.7 Å². The van der Waals surface area contributed by atoms with Gasteiger partial charge in [-0.15, -0.1) is 0 Å². The van der Waals surface area contributed by atoms with E-state index in [-0.39, 0.29) is 34.7 Å². The summed E-state index contributed by atoms with van der Waals surface area (Å²) in [7, 11) is 0. The number of ether oxygens (including phenoxy) is 9. The average molecular weight is 1130 g/mol. The fraction of sp³-hybridized carbons (Fsp3) is 0.877. The monoisotopic (exact) mass is 1120 g/mol. The Kier molecular flexibility index (Phi) is 16.2. The number of carboxylic acids is 1. The van der Waals surface area contributed by atoms with Crippen molar-refractivity contribution in [1.82, 2.24) is 0 Å². The van der Waals surface area contributed by atoms with Gasteiger partial charge in [-0.05, 0) is 112 Å². The molecule has 10 N–H and O–H groups in total. The number of carboxylic acid groups (broad SMARTS) is 1. The minimum absolute atomic E-state index is 0.0304. The van der Waals surface area contributed by atoms with E-state index in [1.54, 1.807) is 33.8 Å². The van der Waals surface area contributed by atoms with Crippen molar-refractivity contribution in [3.05, 3.63) is 23.3 Å². The van der Waals surface area contributed by atoms with Crippen LogP contribution in [-0.4, -0.2) is 204 Å². The Morgan fingerprint density at radius 2 is 1.28 bits per heavy atom. The fourth-order valence-corrected chi connectivity index (χ4v) is 16.5. The SMILES string of the molecule is C/C=C(/C)C(=O)O[C@H]1[C@H](OC(=O)[C@]2(C)O[C@H]2C)C(C)(C)C[C@H]2C3=CC[C@@H]4[C@@]5(C)CC[C@H](O[C@@H]6O[C@H](C(=O)O)[C@@H](O)[C@H](O[C@@H]7O[C@@H](CO)[C@H](O)[C@H]7O)[C@H]6O[C@@H]6O[C@H](CO)[C@@H](O)[C@H](O)[C@H]6O)C(C)(C)[C@@H]5CC[C@@]4(C)[C@]3(C)C[C@@H](O)[C@]21C. The van der Waals surface area contributed by atoms with E-state index < -0.39 is 169 Å². The van der Waals surface area contributed by atoms with E-state index in [4.69, 9.17) is 42.6 Å². The molecule has 4 aliphatic heterocycles. The number of hydrogen-bond acceptors (Lipinski definition) is 21. The van der Waals surface area contributed by atoms with Crippen molar-refractivity contribution in [2.24, 2.45) is 50.2 Å². The van der Waals surface area contributed by atoms with E-state index in [0.717, 1.165) is 6.42 Å². The third-order valence-corrected chi connectivity index (χ3v) is 22.1. The van der Waals surface area contributed by atoms with Crippen LogP contribution in [0, 0.1) is 50.2 Å². The number of hydrogen-bond donors (Lipinski definition) is 10. The highest BCUT2D eigenvalue weighted by molar-refractivity contribution is 5.88. The topological polar surface area (TPSA) is 340 Å². The second-order valence-corrected chi connectivity index (χ2v) is 27.0. The van der Waals surface area contributed by atoms with Gasteiger partial charge in [0.2, 0.25) is 0 Å². The number of carbonyl (C=O) groups excluding carboxylic acids is 2. The van der Waals surface area contributed by atoms with E-state index in [0.29, 0.717) is 44.1 Å². The maximum atomic E-state index is 13.9. The molecular formula is C57H88O22. The summed E-state index contributed by atoms with van der Waals surface area (Å²) in [5, 5.41) is 109. The zero-order chi connectivity index (χ0) is 58.2. The number of epoxide rings is 1. The Hall–Kier alpha value is -2.75. The van der Waals surface area contributed by atoms with Crippen LogP contribution >= 0.6 is 0 Å². The Morgan fingerprint density at radius 1 is 0.696 bits per heavy atom. The molecule has 4 heterocycles. The van der Waals surface area contributed by atoms with Gasteiger partial charge in [-0.25, -0.2) is 14.4 Å². The predicted molar refractivity (Wildman–Crippen MR) is 273 cm³/mol. The highest BCUT2D eigenvalue weighted by atomic mass is 16.8. The lowest BCUT2D eigenvalue weighted by molar-refractivity contribution is -0.386. The summed E-state index contributed by atoms with van der Waals surface area (Å²) < 4.78 is 55.2. The van der Waals surface area contributed by atoms with E-state index in [1.165, 1.54) is 5.57 Å². The molecule has 5 aliphatic carbocycles. The Morgan fingerprint density at radius 3 is 1.85 bits per heavy atom. The number of aliphatic carboxylic acids is 1. The van der Waals surface area contributed by atoms with Crippen LogP contribution in [-0.2, 0) is 57.0 Å². The number of aliphatic hydroxyl groups is 9. The first-order chi connectivity index (χ1) is 36.7. The fourth-order valence-electron chi connectivity index (χ4n) is 16.5. The Bertz CT molecular complexity index is 2380. The standard InChI is InChI=1S/C57H88O22/c1-13-24(2)46(69)77-44-43(78-50(70)57(12)25(3)79-57)51(4,5)20-27-26-14-15-31-53(8)18-17-33(52(6,7)30(53)16-19-54(31,9)55(26,10)21-32(60)56(27,44)11)73-49-42(76-48-38(65)36(63)34(61)28(22-58)71-48)40(39(66)41(75-49)45(67)68)74-47-37(64)35(62)29(23-59)72-47/h13-14,25,27-44,47-49,58-66H,15-23H2,1-12H3,(H,67,68)/b24-13-/t25-,27-,28+,29-,30-,31+,32+,33-,34+,35-,36-,37+,38+,39-,40-,41-,42+,43-,44-,47-,48-,49+,53-,54+,55+,56-,57+/m0/s1. The lowest BCUT2D eigenvalue weighted by Crippen LogP contribution is -2.71. The van der Waals surface area contributed by atoms with E-state index in [1.807, 2.05) is 20.8 Å². The van der Waals surface area contributed by atoms with Gasteiger partial charge in [0.1, 0.15) is 73.2 Å². The van der Waals surface area contributed by atoms with Crippen molar-refractivity contribution in [3.8, 4) is 0 Å². The average Bonchev–Trinajstić information content (AvgIpc) is 2.89. The normalized spacial score (nSPS) is 51.9. The summed E-state index contributed by atoms with van der Waals surface area (Å²) >= 11 is 0. The van der Waals surface area contributed by atoms with Crippen LogP contribution < -0.4 is 0 Å². The van der Waals surface area contributed by atoms with E-state index >= 15 is 0 Å². The molecule has 0 radical (unpaired) electrons. The summed E-state index contributed by atoms with van der Waals surface area (Å²) in [5.74, 6) is -2.94. The number of fused-ring (bicyclic) bond motifs is 7. The Balaban J connectivity index is 1.02. The summed E-state index contributed by atoms with van der Waals surface area (Å²) in [6.07, 6.45) is -20.8. The van der Waals surface area contributed by atoms with Gasteiger partial charge >= 0.3 is 17.9 Å². The quantitative estimate of drug-likeness (QED) is 0.0411. The molecule has 0 amide bonds. The second-order valence-electron chi connectivity index (χ2n) is 27.0.